The van der Waals surface area contributed by atoms with E-state index >= 15 is 0 Å². The number of hydrogen-bond acceptors (Lipinski definition) is 3. The topological polar surface area (TPSA) is 64.3 Å². The highest BCUT2D eigenvalue weighted by Gasteiger charge is 2.06. The maximum absolute atomic E-state index is 11.5. The highest BCUT2D eigenvalue weighted by atomic mass is 35.5. The van der Waals surface area contributed by atoms with E-state index in [4.69, 9.17) is 10.5 Å². The van der Waals surface area contributed by atoms with Crippen molar-refractivity contribution in [1.82, 2.24) is 5.32 Å². The van der Waals surface area contributed by atoms with Crippen molar-refractivity contribution in [3.8, 4) is 5.75 Å². The van der Waals surface area contributed by atoms with Crippen LogP contribution in [0.5, 0.6) is 5.75 Å². The monoisotopic (exact) mass is 300 g/mol. The fourth-order valence-electron chi connectivity index (χ4n) is 1.59. The van der Waals surface area contributed by atoms with Crippen molar-refractivity contribution in [3.05, 3.63) is 29.8 Å². The fourth-order valence-corrected chi connectivity index (χ4v) is 1.59. The molecule has 0 saturated heterocycles. The Labute approximate surface area is 127 Å². The summed E-state index contributed by atoms with van der Waals surface area (Å²) in [5.41, 5.74) is 6.38. The Balaban J connectivity index is 0.00000361. The zero-order chi connectivity index (χ0) is 14.1. The Morgan fingerprint density at radius 3 is 2.70 bits per heavy atom. The van der Waals surface area contributed by atoms with E-state index in [9.17, 15) is 4.79 Å². The number of ether oxygens (including phenoxy) is 1. The molecule has 114 valence electrons. The molecular formula is C15H25ClN2O2. The van der Waals surface area contributed by atoms with Crippen molar-refractivity contribution in [2.75, 3.05) is 13.2 Å². The molecule has 1 rings (SSSR count). The summed E-state index contributed by atoms with van der Waals surface area (Å²) in [7, 11) is 0. The number of carbonyl (C=O) groups excluding carboxylic acids is 1. The number of benzene rings is 1. The van der Waals surface area contributed by atoms with Gasteiger partial charge in [0.2, 0.25) is 5.91 Å². The number of nitrogens with two attached hydrogens (primary N) is 1. The summed E-state index contributed by atoms with van der Waals surface area (Å²) < 4.78 is 5.74. The van der Waals surface area contributed by atoms with Gasteiger partial charge in [0.25, 0.3) is 0 Å². The van der Waals surface area contributed by atoms with Gasteiger partial charge in [0.1, 0.15) is 5.75 Å². The largest absolute Gasteiger partial charge is 0.493 e. The molecule has 0 aliphatic heterocycles. The fraction of sp³-hybridized carbons (Fsp3) is 0.533. The highest BCUT2D eigenvalue weighted by Crippen LogP contribution is 2.18. The van der Waals surface area contributed by atoms with Crippen molar-refractivity contribution < 1.29 is 9.53 Å². The molecule has 20 heavy (non-hydrogen) atoms. The van der Waals surface area contributed by atoms with Gasteiger partial charge in [-0.05, 0) is 24.9 Å². The molecule has 1 aromatic rings. The molecule has 0 unspecified atom stereocenters. The molecule has 0 aliphatic carbocycles. The third-order valence-corrected chi connectivity index (χ3v) is 2.63. The van der Waals surface area contributed by atoms with Crippen LogP contribution in [0.3, 0.4) is 0 Å². The summed E-state index contributed by atoms with van der Waals surface area (Å²) >= 11 is 0. The van der Waals surface area contributed by atoms with E-state index in [0.717, 1.165) is 17.7 Å². The molecule has 5 heteroatoms. The normalized spacial score (nSPS) is 10.0. The lowest BCUT2D eigenvalue weighted by atomic mass is 10.2. The lowest BCUT2D eigenvalue weighted by Crippen LogP contribution is -2.23. The number of para-hydroxylation sites is 1. The molecule has 1 amide bonds. The molecule has 4 nitrogen and oxygen atoms in total. The molecular weight excluding hydrogens is 276 g/mol. The van der Waals surface area contributed by atoms with Crippen LogP contribution in [0.15, 0.2) is 24.3 Å². The Bertz CT molecular complexity index is 397. The molecule has 0 bridgehead atoms. The van der Waals surface area contributed by atoms with Gasteiger partial charge in [-0.3, -0.25) is 4.79 Å². The van der Waals surface area contributed by atoms with Crippen molar-refractivity contribution in [3.63, 3.8) is 0 Å². The first-order valence-electron chi connectivity index (χ1n) is 6.81. The first kappa shape index (κ1) is 18.7. The third-order valence-electron chi connectivity index (χ3n) is 2.63. The predicted molar refractivity (Wildman–Crippen MR) is 84.2 cm³/mol. The van der Waals surface area contributed by atoms with Gasteiger partial charge in [-0.1, -0.05) is 32.0 Å². The molecule has 0 fully saturated rings. The van der Waals surface area contributed by atoms with Gasteiger partial charge < -0.3 is 15.8 Å². The van der Waals surface area contributed by atoms with Gasteiger partial charge in [-0.2, -0.15) is 0 Å². The molecule has 0 radical (unpaired) electrons. The van der Waals surface area contributed by atoms with Crippen LogP contribution >= 0.6 is 12.4 Å². The molecule has 0 spiro atoms. The minimum Gasteiger partial charge on any atom is -0.493 e. The second kappa shape index (κ2) is 10.5. The van der Waals surface area contributed by atoms with Gasteiger partial charge in [0.15, 0.2) is 0 Å². The van der Waals surface area contributed by atoms with Gasteiger partial charge >= 0.3 is 0 Å². The molecule has 0 heterocycles. The molecule has 3 N–H and O–H groups in total. The Morgan fingerprint density at radius 1 is 1.35 bits per heavy atom. The quantitative estimate of drug-likeness (QED) is 0.775. The number of hydrogen-bond donors (Lipinski definition) is 2. The third kappa shape index (κ3) is 7.36. The molecule has 0 saturated carbocycles. The lowest BCUT2D eigenvalue weighted by Gasteiger charge is -2.13. The Hall–Kier alpha value is -1.26. The smallest absolute Gasteiger partial charge is 0.220 e. The maximum atomic E-state index is 11.5. The Kier molecular flexibility index (Phi) is 9.86. The molecule has 0 atom stereocenters. The maximum Gasteiger partial charge on any atom is 0.220 e. The van der Waals surface area contributed by atoms with E-state index in [2.05, 4.69) is 19.2 Å². The Morgan fingerprint density at radius 2 is 2.05 bits per heavy atom. The van der Waals surface area contributed by atoms with E-state index in [1.54, 1.807) is 0 Å². The van der Waals surface area contributed by atoms with Crippen LogP contribution in [0.25, 0.3) is 0 Å². The van der Waals surface area contributed by atoms with Gasteiger partial charge in [0.05, 0.1) is 6.61 Å². The van der Waals surface area contributed by atoms with Crippen LogP contribution in [0, 0.1) is 5.92 Å². The summed E-state index contributed by atoms with van der Waals surface area (Å²) in [6.45, 7) is 5.94. The van der Waals surface area contributed by atoms with E-state index in [0.29, 0.717) is 32.0 Å². The second-order valence-electron chi connectivity index (χ2n) is 4.98. The van der Waals surface area contributed by atoms with Crippen molar-refractivity contribution in [2.24, 2.45) is 11.7 Å². The summed E-state index contributed by atoms with van der Waals surface area (Å²) in [5, 5.41) is 2.89. The first-order valence-corrected chi connectivity index (χ1v) is 6.81. The van der Waals surface area contributed by atoms with Gasteiger partial charge in [-0.15, -0.1) is 12.4 Å². The van der Waals surface area contributed by atoms with E-state index in [-0.39, 0.29) is 18.3 Å². The average Bonchev–Trinajstić information content (AvgIpc) is 2.41. The van der Waals surface area contributed by atoms with E-state index in [1.165, 1.54) is 0 Å². The second-order valence-corrected chi connectivity index (χ2v) is 4.98. The first-order chi connectivity index (χ1) is 9.13. The molecule has 0 aliphatic rings. The number of nitrogens with one attached hydrogen (secondary N) is 1. The molecule has 1 aromatic carbocycles. The number of rotatable bonds is 8. The number of halogens is 1. The molecule has 0 aromatic heterocycles. The summed E-state index contributed by atoms with van der Waals surface area (Å²) in [6.07, 6.45) is 1.20. The summed E-state index contributed by atoms with van der Waals surface area (Å²) in [4.78, 5) is 11.5. The summed E-state index contributed by atoms with van der Waals surface area (Å²) in [6, 6.07) is 7.79. The number of carbonyl (C=O) groups is 1. The number of amides is 1. The minimum atomic E-state index is 0. The van der Waals surface area contributed by atoms with Crippen molar-refractivity contribution in [1.29, 1.82) is 0 Å². The van der Waals surface area contributed by atoms with Crippen LogP contribution in [0.2, 0.25) is 0 Å². The van der Waals surface area contributed by atoms with Crippen LogP contribution in [-0.4, -0.2) is 19.1 Å². The van der Waals surface area contributed by atoms with Crippen LogP contribution in [-0.2, 0) is 11.3 Å². The minimum absolute atomic E-state index is 0. The zero-order valence-electron chi connectivity index (χ0n) is 12.2. The predicted octanol–water partition coefficient (Wildman–Crippen LogP) is 2.50. The standard InChI is InChI=1S/C15H24N2O2.ClH/c1-12(2)11-19-14-7-4-3-6-13(14)10-17-15(18)8-5-9-16;/h3-4,6-7,12H,5,8-11,16H2,1-2H3,(H,17,18);1H. The van der Waals surface area contributed by atoms with Crippen LogP contribution < -0.4 is 15.8 Å². The van der Waals surface area contributed by atoms with Crippen molar-refractivity contribution >= 4 is 18.3 Å². The average molecular weight is 301 g/mol. The lowest BCUT2D eigenvalue weighted by molar-refractivity contribution is -0.121. The summed E-state index contributed by atoms with van der Waals surface area (Å²) in [5.74, 6) is 1.35. The highest BCUT2D eigenvalue weighted by molar-refractivity contribution is 5.85. The van der Waals surface area contributed by atoms with Crippen LogP contribution in [0.4, 0.5) is 0 Å². The van der Waals surface area contributed by atoms with Gasteiger partial charge in [-0.25, -0.2) is 0 Å². The van der Waals surface area contributed by atoms with E-state index < -0.39 is 0 Å². The zero-order valence-corrected chi connectivity index (χ0v) is 13.0. The van der Waals surface area contributed by atoms with Crippen molar-refractivity contribution in [2.45, 2.75) is 33.2 Å². The van der Waals surface area contributed by atoms with Crippen LogP contribution in [0.1, 0.15) is 32.3 Å². The van der Waals surface area contributed by atoms with E-state index in [1.807, 2.05) is 24.3 Å². The van der Waals surface area contributed by atoms with Gasteiger partial charge in [0, 0.05) is 18.5 Å². The SMILES string of the molecule is CC(C)COc1ccccc1CNC(=O)CCCN.Cl.